The summed E-state index contributed by atoms with van der Waals surface area (Å²) in [7, 11) is 0. The molecule has 2 aromatic carbocycles. The minimum Gasteiger partial charge on any atom is -0.462 e. The maximum Gasteiger partial charge on any atom is 0.333 e. The first-order chi connectivity index (χ1) is 9.66. The third kappa shape index (κ3) is 4.14. The molecule has 0 aliphatic heterocycles. The van der Waals surface area contributed by atoms with Crippen LogP contribution < -0.4 is 0 Å². The maximum absolute atomic E-state index is 11.2. The molecule has 104 valence electrons. The van der Waals surface area contributed by atoms with Crippen LogP contribution in [0, 0.1) is 0 Å². The van der Waals surface area contributed by atoms with E-state index in [9.17, 15) is 4.79 Å². The first-order valence-corrected chi connectivity index (χ1v) is 7.59. The number of carbonyl (C=O) groups is 1. The first kappa shape index (κ1) is 14.7. The molecule has 0 heterocycles. The van der Waals surface area contributed by atoms with E-state index in [1.165, 1.54) is 15.7 Å². The Labute approximate surface area is 123 Å². The van der Waals surface area contributed by atoms with Crippen LogP contribution in [0.5, 0.6) is 0 Å². The van der Waals surface area contributed by atoms with Crippen LogP contribution >= 0.6 is 11.8 Å². The minimum atomic E-state index is -0.305. The summed E-state index contributed by atoms with van der Waals surface area (Å²) in [6.07, 6.45) is 0.844. The van der Waals surface area contributed by atoms with Gasteiger partial charge in [-0.25, -0.2) is 4.79 Å². The van der Waals surface area contributed by atoms with Crippen molar-refractivity contribution in [2.75, 3.05) is 12.4 Å². The van der Waals surface area contributed by atoms with Crippen LogP contribution in [0.1, 0.15) is 13.3 Å². The summed E-state index contributed by atoms with van der Waals surface area (Å²) in [5, 5.41) is 2.51. The summed E-state index contributed by atoms with van der Waals surface area (Å²) >= 11 is 1.78. The lowest BCUT2D eigenvalue weighted by Crippen LogP contribution is -2.06. The molecule has 0 saturated heterocycles. The van der Waals surface area contributed by atoms with E-state index in [0.29, 0.717) is 12.2 Å². The highest BCUT2D eigenvalue weighted by Gasteiger charge is 2.02. The number of hydrogen-bond acceptors (Lipinski definition) is 3. The summed E-state index contributed by atoms with van der Waals surface area (Å²) in [6, 6.07) is 14.8. The van der Waals surface area contributed by atoms with Gasteiger partial charge in [0.2, 0.25) is 0 Å². The predicted octanol–water partition coefficient (Wildman–Crippen LogP) is 4.44. The summed E-state index contributed by atoms with van der Waals surface area (Å²) < 4.78 is 5.06. The Kier molecular flexibility index (Phi) is 5.24. The fourth-order valence-corrected chi connectivity index (χ4v) is 2.67. The van der Waals surface area contributed by atoms with Crippen LogP contribution in [0.3, 0.4) is 0 Å². The summed E-state index contributed by atoms with van der Waals surface area (Å²) in [6.45, 7) is 5.66. The van der Waals surface area contributed by atoms with Gasteiger partial charge in [0.25, 0.3) is 0 Å². The van der Waals surface area contributed by atoms with Gasteiger partial charge in [-0.2, -0.15) is 0 Å². The Bertz CT molecular complexity index is 619. The number of ether oxygens (including phenoxy) is 1. The molecule has 0 bridgehead atoms. The van der Waals surface area contributed by atoms with Crippen molar-refractivity contribution in [1.29, 1.82) is 0 Å². The van der Waals surface area contributed by atoms with Crippen molar-refractivity contribution in [2.45, 2.75) is 18.2 Å². The number of fused-ring (bicyclic) bond motifs is 1. The lowest BCUT2D eigenvalue weighted by Gasteiger charge is -2.05. The van der Waals surface area contributed by atoms with Crippen molar-refractivity contribution in [3.05, 3.63) is 54.6 Å². The molecule has 3 heteroatoms. The van der Waals surface area contributed by atoms with Crippen LogP contribution in [0.15, 0.2) is 59.5 Å². The monoisotopic (exact) mass is 286 g/mol. The zero-order chi connectivity index (χ0) is 14.4. The second-order valence-electron chi connectivity index (χ2n) is 4.63. The highest BCUT2D eigenvalue weighted by molar-refractivity contribution is 7.99. The molecule has 0 N–H and O–H groups in total. The molecule has 0 unspecified atom stereocenters. The third-order valence-electron chi connectivity index (χ3n) is 2.86. The fraction of sp³-hybridized carbons (Fsp3) is 0.235. The molecule has 0 radical (unpaired) electrons. The van der Waals surface area contributed by atoms with Gasteiger partial charge < -0.3 is 4.74 Å². The average molecular weight is 286 g/mol. The first-order valence-electron chi connectivity index (χ1n) is 6.61. The zero-order valence-corrected chi connectivity index (χ0v) is 12.4. The molecule has 0 saturated carbocycles. The SMILES string of the molecule is C=C(C)C(=O)OCCCSc1ccc2ccccc2c1. The predicted molar refractivity (Wildman–Crippen MR) is 85.1 cm³/mol. The highest BCUT2D eigenvalue weighted by Crippen LogP contribution is 2.24. The van der Waals surface area contributed by atoms with Gasteiger partial charge >= 0.3 is 5.97 Å². The van der Waals surface area contributed by atoms with E-state index < -0.39 is 0 Å². The standard InChI is InChI=1S/C17H18O2S/c1-13(2)17(18)19-10-5-11-20-16-9-8-14-6-3-4-7-15(14)12-16/h3-4,6-9,12H,1,5,10-11H2,2H3. The van der Waals surface area contributed by atoms with Crippen LogP contribution in [-0.4, -0.2) is 18.3 Å². The van der Waals surface area contributed by atoms with E-state index in [-0.39, 0.29) is 5.97 Å². The number of carbonyl (C=O) groups excluding carboxylic acids is 1. The normalized spacial score (nSPS) is 10.4. The van der Waals surface area contributed by atoms with Crippen LogP contribution in [0.2, 0.25) is 0 Å². The molecule has 0 aliphatic carbocycles. The molecule has 0 spiro atoms. The largest absolute Gasteiger partial charge is 0.462 e. The Balaban J connectivity index is 1.78. The second-order valence-corrected chi connectivity index (χ2v) is 5.80. The minimum absolute atomic E-state index is 0.305. The molecular formula is C17H18O2S. The van der Waals surface area contributed by atoms with E-state index >= 15 is 0 Å². The van der Waals surface area contributed by atoms with Crippen molar-refractivity contribution in [3.8, 4) is 0 Å². The van der Waals surface area contributed by atoms with Crippen molar-refractivity contribution in [1.82, 2.24) is 0 Å². The van der Waals surface area contributed by atoms with Gasteiger partial charge in [-0.1, -0.05) is 36.9 Å². The number of thioether (sulfide) groups is 1. The van der Waals surface area contributed by atoms with Crippen LogP contribution in [0.25, 0.3) is 10.8 Å². The Morgan fingerprint density at radius 2 is 1.95 bits per heavy atom. The van der Waals surface area contributed by atoms with Crippen molar-refractivity contribution in [3.63, 3.8) is 0 Å². The van der Waals surface area contributed by atoms with Gasteiger partial charge in [0, 0.05) is 16.2 Å². The summed E-state index contributed by atoms with van der Waals surface area (Å²) in [5.74, 6) is 0.627. The van der Waals surface area contributed by atoms with E-state index in [4.69, 9.17) is 4.74 Å². The fourth-order valence-electron chi connectivity index (χ4n) is 1.79. The van der Waals surface area contributed by atoms with Crippen molar-refractivity contribution >= 4 is 28.5 Å². The molecule has 2 rings (SSSR count). The van der Waals surface area contributed by atoms with Gasteiger partial charge in [-0.05, 0) is 36.2 Å². The molecule has 2 nitrogen and oxygen atoms in total. The quantitative estimate of drug-likeness (QED) is 0.340. The van der Waals surface area contributed by atoms with E-state index in [1.807, 2.05) is 12.1 Å². The number of benzene rings is 2. The zero-order valence-electron chi connectivity index (χ0n) is 11.6. The average Bonchev–Trinajstić information content (AvgIpc) is 2.46. The van der Waals surface area contributed by atoms with Crippen molar-refractivity contribution in [2.24, 2.45) is 0 Å². The van der Waals surface area contributed by atoms with Gasteiger partial charge in [-0.15, -0.1) is 11.8 Å². The molecule has 0 fully saturated rings. The number of hydrogen-bond donors (Lipinski definition) is 0. The number of esters is 1. The van der Waals surface area contributed by atoms with Crippen LogP contribution in [0.4, 0.5) is 0 Å². The van der Waals surface area contributed by atoms with Crippen LogP contribution in [-0.2, 0) is 9.53 Å². The van der Waals surface area contributed by atoms with E-state index in [0.717, 1.165) is 12.2 Å². The molecule has 0 atom stereocenters. The molecular weight excluding hydrogens is 268 g/mol. The summed E-state index contributed by atoms with van der Waals surface area (Å²) in [5.41, 5.74) is 0.451. The number of rotatable bonds is 6. The van der Waals surface area contributed by atoms with Crippen molar-refractivity contribution < 1.29 is 9.53 Å². The lowest BCUT2D eigenvalue weighted by molar-refractivity contribution is -0.138. The van der Waals surface area contributed by atoms with E-state index in [2.05, 4.69) is 36.9 Å². The Morgan fingerprint density at radius 3 is 2.70 bits per heavy atom. The Morgan fingerprint density at radius 1 is 1.20 bits per heavy atom. The smallest absolute Gasteiger partial charge is 0.333 e. The van der Waals surface area contributed by atoms with Gasteiger partial charge in [0.1, 0.15) is 0 Å². The maximum atomic E-state index is 11.2. The van der Waals surface area contributed by atoms with Gasteiger partial charge in [0.15, 0.2) is 0 Å². The molecule has 2 aromatic rings. The third-order valence-corrected chi connectivity index (χ3v) is 3.94. The van der Waals surface area contributed by atoms with Gasteiger partial charge in [-0.3, -0.25) is 0 Å². The Hall–Kier alpha value is -1.74. The molecule has 0 aromatic heterocycles. The van der Waals surface area contributed by atoms with Gasteiger partial charge in [0.05, 0.1) is 6.61 Å². The lowest BCUT2D eigenvalue weighted by atomic mass is 10.1. The molecule has 0 amide bonds. The topological polar surface area (TPSA) is 26.3 Å². The highest BCUT2D eigenvalue weighted by atomic mass is 32.2. The van der Waals surface area contributed by atoms with E-state index in [1.54, 1.807) is 18.7 Å². The molecule has 0 aliphatic rings. The molecule has 20 heavy (non-hydrogen) atoms. The second kappa shape index (κ2) is 7.15. The summed E-state index contributed by atoms with van der Waals surface area (Å²) in [4.78, 5) is 12.4.